The van der Waals surface area contributed by atoms with Gasteiger partial charge in [0.15, 0.2) is 11.6 Å². The van der Waals surface area contributed by atoms with Gasteiger partial charge in [0.2, 0.25) is 0 Å². The van der Waals surface area contributed by atoms with Crippen LogP contribution in [0.1, 0.15) is 20.7 Å². The molecule has 2 heterocycles. The van der Waals surface area contributed by atoms with Crippen molar-refractivity contribution in [3.8, 4) is 0 Å². The van der Waals surface area contributed by atoms with Crippen LogP contribution in [-0.2, 0) is 4.74 Å². The number of hydrogen-bond donors (Lipinski definition) is 0. The Labute approximate surface area is 97.4 Å². The summed E-state index contributed by atoms with van der Waals surface area (Å²) in [5, 5.41) is 0. The van der Waals surface area contributed by atoms with Crippen LogP contribution in [0.15, 0.2) is 47.6 Å². The molecule has 0 N–H and O–H groups in total. The van der Waals surface area contributed by atoms with Crippen molar-refractivity contribution >= 4 is 11.6 Å². The number of ether oxygens (including phenoxy) is 1. The maximum Gasteiger partial charge on any atom is 0.193 e. The van der Waals surface area contributed by atoms with Gasteiger partial charge in [-0.25, -0.2) is 0 Å². The highest BCUT2D eigenvalue weighted by Gasteiger charge is 2.46. The lowest BCUT2D eigenvalue weighted by Crippen LogP contribution is -2.26. The average Bonchev–Trinajstić information content (AvgIpc) is 2.96. The maximum atomic E-state index is 12.3. The molecule has 2 unspecified atom stereocenters. The van der Waals surface area contributed by atoms with Gasteiger partial charge >= 0.3 is 0 Å². The zero-order valence-electron chi connectivity index (χ0n) is 8.84. The molecule has 3 heteroatoms. The lowest BCUT2D eigenvalue weighted by molar-refractivity contribution is 0.0968. The fourth-order valence-electron chi connectivity index (χ4n) is 2.76. The Kier molecular flexibility index (Phi) is 1.50. The van der Waals surface area contributed by atoms with E-state index in [4.69, 9.17) is 4.74 Å². The van der Waals surface area contributed by atoms with Crippen molar-refractivity contribution in [1.82, 2.24) is 0 Å². The number of fused-ring (bicyclic) bond motifs is 5. The highest BCUT2D eigenvalue weighted by atomic mass is 16.5. The molecule has 3 aliphatic rings. The van der Waals surface area contributed by atoms with Crippen molar-refractivity contribution in [1.29, 1.82) is 0 Å². The lowest BCUT2D eigenvalue weighted by atomic mass is 9.80. The fourth-order valence-corrected chi connectivity index (χ4v) is 2.76. The van der Waals surface area contributed by atoms with Gasteiger partial charge in [0.05, 0.1) is 0 Å². The summed E-state index contributed by atoms with van der Waals surface area (Å²) in [6, 6.07) is 6.96. The minimum atomic E-state index is -0.320. The normalized spacial score (nSPS) is 28.7. The van der Waals surface area contributed by atoms with Gasteiger partial charge in [0, 0.05) is 22.3 Å². The third kappa shape index (κ3) is 0.953. The number of hydrogen-bond acceptors (Lipinski definition) is 3. The minimum absolute atomic E-state index is 0.0629. The number of Topliss-reactive ketones (excluding diaryl/α,β-unsaturated/α-hetero) is 2. The van der Waals surface area contributed by atoms with Crippen molar-refractivity contribution in [3.63, 3.8) is 0 Å². The van der Waals surface area contributed by atoms with Crippen molar-refractivity contribution in [3.05, 3.63) is 58.7 Å². The SMILES string of the molecule is O=C1C2=C(C(=O)c3ccccc31)C1C=CC2O1. The van der Waals surface area contributed by atoms with Gasteiger partial charge < -0.3 is 4.74 Å². The second kappa shape index (κ2) is 2.81. The first-order valence-corrected chi connectivity index (χ1v) is 5.53. The Hall–Kier alpha value is -2.00. The standard InChI is InChI=1S/C14H8O3/c15-13-7-3-1-2-4-8(7)14(16)12-10-6-5-9(17-10)11(12)13/h1-6,9-10H. The number of ketones is 2. The van der Waals surface area contributed by atoms with Gasteiger partial charge in [-0.1, -0.05) is 36.4 Å². The largest absolute Gasteiger partial charge is 0.357 e. The van der Waals surface area contributed by atoms with Crippen molar-refractivity contribution in [2.24, 2.45) is 0 Å². The fraction of sp³-hybridized carbons (Fsp3) is 0.143. The molecular weight excluding hydrogens is 216 g/mol. The summed E-state index contributed by atoms with van der Waals surface area (Å²) in [4.78, 5) is 24.6. The first kappa shape index (κ1) is 9.07. The zero-order chi connectivity index (χ0) is 11.6. The van der Waals surface area contributed by atoms with E-state index >= 15 is 0 Å². The maximum absolute atomic E-state index is 12.3. The molecule has 3 nitrogen and oxygen atoms in total. The van der Waals surface area contributed by atoms with E-state index in [1.54, 1.807) is 24.3 Å². The first-order valence-electron chi connectivity index (χ1n) is 5.53. The van der Waals surface area contributed by atoms with Gasteiger partial charge in [0.1, 0.15) is 12.2 Å². The number of carbonyl (C=O) groups is 2. The van der Waals surface area contributed by atoms with Crippen molar-refractivity contribution < 1.29 is 14.3 Å². The number of rotatable bonds is 0. The Morgan fingerprint density at radius 3 is 1.76 bits per heavy atom. The summed E-state index contributed by atoms with van der Waals surface area (Å²) in [5.74, 6) is -0.126. The highest BCUT2D eigenvalue weighted by molar-refractivity contribution is 6.28. The van der Waals surface area contributed by atoms with E-state index < -0.39 is 0 Å². The van der Waals surface area contributed by atoms with E-state index in [2.05, 4.69) is 0 Å². The van der Waals surface area contributed by atoms with Gasteiger partial charge in [0.25, 0.3) is 0 Å². The molecule has 0 saturated carbocycles. The molecule has 0 saturated heterocycles. The van der Waals surface area contributed by atoms with Crippen LogP contribution in [0.2, 0.25) is 0 Å². The summed E-state index contributed by atoms with van der Waals surface area (Å²) >= 11 is 0. The second-order valence-electron chi connectivity index (χ2n) is 4.39. The Bertz CT molecular complexity index is 584. The summed E-state index contributed by atoms with van der Waals surface area (Å²) in [7, 11) is 0. The molecule has 82 valence electrons. The number of benzene rings is 1. The van der Waals surface area contributed by atoms with Crippen LogP contribution in [-0.4, -0.2) is 23.8 Å². The third-order valence-electron chi connectivity index (χ3n) is 3.52. The molecule has 0 amide bonds. The summed E-state index contributed by atoms with van der Waals surface area (Å²) in [6.45, 7) is 0. The molecule has 2 aliphatic heterocycles. The molecule has 2 bridgehead atoms. The van der Waals surface area contributed by atoms with Gasteiger partial charge in [-0.2, -0.15) is 0 Å². The van der Waals surface area contributed by atoms with E-state index in [0.29, 0.717) is 22.3 Å². The Balaban J connectivity index is 2.00. The van der Waals surface area contributed by atoms with Gasteiger partial charge in [-0.05, 0) is 0 Å². The average molecular weight is 224 g/mol. The zero-order valence-corrected chi connectivity index (χ0v) is 8.84. The molecule has 1 aliphatic carbocycles. The van der Waals surface area contributed by atoms with E-state index in [9.17, 15) is 9.59 Å². The van der Waals surface area contributed by atoms with Crippen LogP contribution in [0.3, 0.4) is 0 Å². The predicted molar refractivity (Wildman–Crippen MR) is 59.9 cm³/mol. The minimum Gasteiger partial charge on any atom is -0.357 e. The smallest absolute Gasteiger partial charge is 0.193 e. The lowest BCUT2D eigenvalue weighted by Gasteiger charge is -2.19. The van der Waals surface area contributed by atoms with Crippen LogP contribution in [0.4, 0.5) is 0 Å². The molecule has 4 rings (SSSR count). The third-order valence-corrected chi connectivity index (χ3v) is 3.52. The number of carbonyl (C=O) groups excluding carboxylic acids is 2. The Morgan fingerprint density at radius 1 is 0.824 bits per heavy atom. The molecule has 0 radical (unpaired) electrons. The van der Waals surface area contributed by atoms with E-state index in [-0.39, 0.29) is 23.8 Å². The van der Waals surface area contributed by atoms with Crippen LogP contribution < -0.4 is 0 Å². The second-order valence-corrected chi connectivity index (χ2v) is 4.39. The van der Waals surface area contributed by atoms with Crippen LogP contribution >= 0.6 is 0 Å². The van der Waals surface area contributed by atoms with E-state index in [1.165, 1.54) is 0 Å². The Morgan fingerprint density at radius 2 is 1.29 bits per heavy atom. The van der Waals surface area contributed by atoms with Crippen LogP contribution in [0, 0.1) is 0 Å². The molecule has 2 atom stereocenters. The summed E-state index contributed by atoms with van der Waals surface area (Å²) in [5.41, 5.74) is 2.09. The van der Waals surface area contributed by atoms with Crippen molar-refractivity contribution in [2.45, 2.75) is 12.2 Å². The van der Waals surface area contributed by atoms with Gasteiger partial charge in [-0.3, -0.25) is 9.59 Å². The molecule has 0 aromatic heterocycles. The summed E-state index contributed by atoms with van der Waals surface area (Å²) in [6.07, 6.45) is 3.06. The highest BCUT2D eigenvalue weighted by Crippen LogP contribution is 2.41. The molecule has 0 fully saturated rings. The monoisotopic (exact) mass is 224 g/mol. The van der Waals surface area contributed by atoms with E-state index in [0.717, 1.165) is 0 Å². The molecule has 17 heavy (non-hydrogen) atoms. The molecular formula is C14H8O3. The quantitative estimate of drug-likeness (QED) is 0.630. The van der Waals surface area contributed by atoms with Crippen LogP contribution in [0.5, 0.6) is 0 Å². The predicted octanol–water partition coefficient (Wildman–Crippen LogP) is 1.70. The molecule has 1 aromatic carbocycles. The topological polar surface area (TPSA) is 43.4 Å². The molecule has 1 aromatic rings. The van der Waals surface area contributed by atoms with Crippen LogP contribution in [0.25, 0.3) is 0 Å². The van der Waals surface area contributed by atoms with Crippen molar-refractivity contribution in [2.75, 3.05) is 0 Å². The summed E-state index contributed by atoms with van der Waals surface area (Å²) < 4.78 is 5.56. The van der Waals surface area contributed by atoms with E-state index in [1.807, 2.05) is 12.2 Å². The first-order chi connectivity index (χ1) is 8.27. The molecule has 0 spiro atoms. The van der Waals surface area contributed by atoms with Gasteiger partial charge in [-0.15, -0.1) is 0 Å².